The van der Waals surface area contributed by atoms with Crippen LogP contribution in [0.3, 0.4) is 0 Å². The molecule has 2 aliphatic rings. The fourth-order valence-electron chi connectivity index (χ4n) is 3.61. The molecule has 0 radical (unpaired) electrons. The van der Waals surface area contributed by atoms with Gasteiger partial charge in [0.15, 0.2) is 0 Å². The molecule has 1 aliphatic carbocycles. The van der Waals surface area contributed by atoms with Crippen molar-refractivity contribution in [3.63, 3.8) is 0 Å². The van der Waals surface area contributed by atoms with Gasteiger partial charge in [0.25, 0.3) is 0 Å². The number of pyridine rings is 1. The fraction of sp³-hybridized carbons (Fsp3) is 0.444. The number of rotatable bonds is 3. The summed E-state index contributed by atoms with van der Waals surface area (Å²) in [5.41, 5.74) is -0.718. The van der Waals surface area contributed by atoms with E-state index in [0.717, 1.165) is 17.8 Å². The van der Waals surface area contributed by atoms with Crippen molar-refractivity contribution < 1.29 is 18.0 Å². The molecule has 0 bridgehead atoms. The number of nitrogens with one attached hydrogen (secondary N) is 1. The Labute approximate surface area is 153 Å². The van der Waals surface area contributed by atoms with E-state index >= 15 is 0 Å². The molecule has 0 atom stereocenters. The molecule has 6 nitrogen and oxygen atoms in total. The van der Waals surface area contributed by atoms with E-state index in [0.29, 0.717) is 18.7 Å². The summed E-state index contributed by atoms with van der Waals surface area (Å²) >= 11 is 0. The number of carbonyl (C=O) groups excluding carboxylic acids is 1. The van der Waals surface area contributed by atoms with Gasteiger partial charge in [0.2, 0.25) is 11.9 Å². The van der Waals surface area contributed by atoms with Crippen molar-refractivity contribution in [3.05, 3.63) is 41.9 Å². The lowest BCUT2D eigenvalue weighted by Gasteiger charge is -2.41. The lowest BCUT2D eigenvalue weighted by atomic mass is 9.84. The summed E-state index contributed by atoms with van der Waals surface area (Å²) in [6, 6.07) is 4.42. The third-order valence-electron chi connectivity index (χ3n) is 5.20. The Morgan fingerprint density at radius 2 is 1.93 bits per heavy atom. The van der Waals surface area contributed by atoms with E-state index in [1.807, 2.05) is 26.0 Å². The molecule has 1 saturated carbocycles. The predicted molar refractivity (Wildman–Crippen MR) is 92.2 cm³/mol. The molecule has 9 heteroatoms. The first-order valence-electron chi connectivity index (χ1n) is 8.64. The summed E-state index contributed by atoms with van der Waals surface area (Å²) in [5, 5.41) is 2.92. The summed E-state index contributed by atoms with van der Waals surface area (Å²) in [6.07, 6.45) is -0.578. The second kappa shape index (κ2) is 5.90. The van der Waals surface area contributed by atoms with Crippen molar-refractivity contribution >= 4 is 17.7 Å². The van der Waals surface area contributed by atoms with E-state index in [1.54, 1.807) is 11.1 Å². The molecule has 1 aliphatic heterocycles. The quantitative estimate of drug-likeness (QED) is 0.890. The molecule has 27 heavy (non-hydrogen) atoms. The monoisotopic (exact) mass is 377 g/mol. The molecule has 2 aromatic heterocycles. The van der Waals surface area contributed by atoms with Crippen molar-refractivity contribution in [1.82, 2.24) is 15.0 Å². The van der Waals surface area contributed by atoms with E-state index in [2.05, 4.69) is 20.3 Å². The van der Waals surface area contributed by atoms with Crippen LogP contribution in [0.25, 0.3) is 0 Å². The van der Waals surface area contributed by atoms with E-state index < -0.39 is 17.3 Å². The van der Waals surface area contributed by atoms with E-state index in [1.165, 1.54) is 0 Å². The molecule has 142 valence electrons. The van der Waals surface area contributed by atoms with Crippen molar-refractivity contribution in [1.29, 1.82) is 0 Å². The van der Waals surface area contributed by atoms with Crippen LogP contribution in [0.5, 0.6) is 0 Å². The van der Waals surface area contributed by atoms with Crippen molar-refractivity contribution in [3.8, 4) is 0 Å². The Kier molecular flexibility index (Phi) is 3.87. The highest BCUT2D eigenvalue weighted by Crippen LogP contribution is 2.44. The number of alkyl halides is 3. The molecule has 1 fully saturated rings. The molecule has 0 unspecified atom stereocenters. The number of anilines is 2. The van der Waals surface area contributed by atoms with Crippen LogP contribution in [0.15, 0.2) is 30.6 Å². The zero-order valence-electron chi connectivity index (χ0n) is 14.8. The maximum Gasteiger partial charge on any atom is 0.433 e. The van der Waals surface area contributed by atoms with Crippen LogP contribution >= 0.6 is 0 Å². The molecule has 0 aromatic carbocycles. The average Bonchev–Trinajstić information content (AvgIpc) is 2.78. The van der Waals surface area contributed by atoms with E-state index in [-0.39, 0.29) is 23.9 Å². The first-order valence-corrected chi connectivity index (χ1v) is 8.64. The Morgan fingerprint density at radius 1 is 1.19 bits per heavy atom. The van der Waals surface area contributed by atoms with Gasteiger partial charge in [-0.3, -0.25) is 9.69 Å². The lowest BCUT2D eigenvalue weighted by Crippen LogP contribution is -2.53. The number of carbonyl (C=O) groups is 1. The lowest BCUT2D eigenvalue weighted by molar-refractivity contribution is -0.141. The molecule has 1 N–H and O–H groups in total. The minimum absolute atomic E-state index is 0.00466. The van der Waals surface area contributed by atoms with Gasteiger partial charge in [0.05, 0.1) is 5.41 Å². The summed E-state index contributed by atoms with van der Waals surface area (Å²) in [6.45, 7) is 3.75. The smallest absolute Gasteiger partial charge is 0.351 e. The number of amides is 1. The predicted octanol–water partition coefficient (Wildman–Crippen LogP) is 3.16. The van der Waals surface area contributed by atoms with Crippen LogP contribution in [0.1, 0.15) is 37.9 Å². The van der Waals surface area contributed by atoms with Gasteiger partial charge in [0.1, 0.15) is 11.5 Å². The topological polar surface area (TPSA) is 71.0 Å². The number of fused-ring (bicyclic) bond motifs is 1. The van der Waals surface area contributed by atoms with Gasteiger partial charge in [-0.05, 0) is 38.8 Å². The van der Waals surface area contributed by atoms with Crippen LogP contribution in [0, 0.1) is 0 Å². The van der Waals surface area contributed by atoms with Gasteiger partial charge < -0.3 is 5.32 Å². The molecule has 4 rings (SSSR count). The average molecular weight is 377 g/mol. The first-order chi connectivity index (χ1) is 12.7. The third-order valence-corrected chi connectivity index (χ3v) is 5.20. The van der Waals surface area contributed by atoms with Gasteiger partial charge in [-0.25, -0.2) is 15.0 Å². The Morgan fingerprint density at radius 3 is 2.63 bits per heavy atom. The number of aromatic nitrogens is 3. The fourth-order valence-corrected chi connectivity index (χ4v) is 3.61. The second-order valence-corrected chi connectivity index (χ2v) is 7.40. The molecule has 2 aromatic rings. The highest BCUT2D eigenvalue weighted by molar-refractivity contribution is 6.07. The molecular weight excluding hydrogens is 359 g/mol. The van der Waals surface area contributed by atoms with Crippen LogP contribution in [-0.2, 0) is 16.4 Å². The highest BCUT2D eigenvalue weighted by Gasteiger charge is 2.50. The van der Waals surface area contributed by atoms with Gasteiger partial charge in [-0.1, -0.05) is 6.07 Å². The number of halogens is 3. The Bertz CT molecular complexity index is 893. The van der Waals surface area contributed by atoms with Crippen molar-refractivity contribution in [2.45, 2.75) is 50.4 Å². The van der Waals surface area contributed by atoms with Gasteiger partial charge in [-0.15, -0.1) is 0 Å². The van der Waals surface area contributed by atoms with Crippen LogP contribution in [-0.4, -0.2) is 32.9 Å². The number of nitrogens with zero attached hydrogens (tertiary/aromatic N) is 4. The minimum atomic E-state index is -4.51. The maximum atomic E-state index is 12.9. The van der Waals surface area contributed by atoms with Gasteiger partial charge in [0, 0.05) is 30.0 Å². The molecule has 1 amide bonds. The third kappa shape index (κ3) is 2.90. The normalized spacial score (nSPS) is 23.7. The number of hydrogen-bond acceptors (Lipinski definition) is 5. The molecule has 0 spiro atoms. The van der Waals surface area contributed by atoms with Crippen LogP contribution in [0.2, 0.25) is 0 Å². The molecular formula is C18H18F3N5O. The van der Waals surface area contributed by atoms with E-state index in [4.69, 9.17) is 0 Å². The van der Waals surface area contributed by atoms with Crippen LogP contribution < -0.4 is 10.2 Å². The Hall–Kier alpha value is -2.71. The van der Waals surface area contributed by atoms with Crippen molar-refractivity contribution in [2.75, 3.05) is 10.2 Å². The largest absolute Gasteiger partial charge is 0.433 e. The van der Waals surface area contributed by atoms with Gasteiger partial charge >= 0.3 is 6.18 Å². The minimum Gasteiger partial charge on any atom is -0.351 e. The van der Waals surface area contributed by atoms with Crippen LogP contribution in [0.4, 0.5) is 24.9 Å². The highest BCUT2D eigenvalue weighted by atomic mass is 19.4. The first kappa shape index (κ1) is 17.7. The Balaban J connectivity index is 1.46. The maximum absolute atomic E-state index is 12.9. The number of hydrogen-bond donors (Lipinski definition) is 1. The van der Waals surface area contributed by atoms with E-state index in [9.17, 15) is 18.0 Å². The summed E-state index contributed by atoms with van der Waals surface area (Å²) in [5.74, 6) is 0.612. The zero-order chi connectivity index (χ0) is 19.4. The molecule has 3 heterocycles. The SMILES string of the molecule is CC1(C)C(=O)N(C2CC(Nc3nccc(C(F)(F)F)n3)C2)c2ncccc21. The zero-order valence-corrected chi connectivity index (χ0v) is 14.8. The molecule has 0 saturated heterocycles. The second-order valence-electron chi connectivity index (χ2n) is 7.40. The summed E-state index contributed by atoms with van der Waals surface area (Å²) < 4.78 is 38.3. The summed E-state index contributed by atoms with van der Waals surface area (Å²) in [7, 11) is 0. The van der Waals surface area contributed by atoms with Gasteiger partial charge in [-0.2, -0.15) is 13.2 Å². The standard InChI is InChI=1S/C18H18F3N5O/c1-17(2)12-4-3-6-22-14(12)26(15(17)27)11-8-10(9-11)24-16-23-7-5-13(25-16)18(19,20)21/h3-7,10-11H,8-9H2,1-2H3,(H,23,24,25). The summed E-state index contributed by atoms with van der Waals surface area (Å²) in [4.78, 5) is 26.3. The van der Waals surface area contributed by atoms with Crippen molar-refractivity contribution in [2.24, 2.45) is 0 Å².